The summed E-state index contributed by atoms with van der Waals surface area (Å²) in [6.45, 7) is 0.385. The second-order valence-electron chi connectivity index (χ2n) is 4.56. The molecule has 21 heavy (non-hydrogen) atoms. The van der Waals surface area contributed by atoms with Crippen LogP contribution in [0.4, 0.5) is 5.82 Å². The van der Waals surface area contributed by atoms with Crippen LogP contribution >= 0.6 is 11.6 Å². The van der Waals surface area contributed by atoms with Crippen LogP contribution in [0.3, 0.4) is 0 Å². The van der Waals surface area contributed by atoms with E-state index in [9.17, 15) is 4.79 Å². The van der Waals surface area contributed by atoms with Crippen LogP contribution < -0.4 is 5.73 Å². The molecule has 2 aromatic rings. The lowest BCUT2D eigenvalue weighted by molar-refractivity contribution is 0.0784. The van der Waals surface area contributed by atoms with Crippen LogP contribution in [0.15, 0.2) is 36.5 Å². The number of carbonyl (C=O) groups excluding carboxylic acids is 1. The Morgan fingerprint density at radius 3 is 2.90 bits per heavy atom. The average Bonchev–Trinajstić information content (AvgIpc) is 2.49. The molecule has 2 N–H and O–H groups in total. The molecule has 1 amide bonds. The zero-order valence-corrected chi connectivity index (χ0v) is 12.1. The molecule has 0 aliphatic carbocycles. The zero-order chi connectivity index (χ0) is 15.4. The molecule has 1 aromatic heterocycles. The normalized spacial score (nSPS) is 9.95. The molecule has 0 fully saturated rings. The van der Waals surface area contributed by atoms with Gasteiger partial charge in [0.2, 0.25) is 0 Å². The van der Waals surface area contributed by atoms with Gasteiger partial charge in [-0.2, -0.15) is 5.26 Å². The highest BCUT2D eigenvalue weighted by Crippen LogP contribution is 2.18. The lowest BCUT2D eigenvalue weighted by Gasteiger charge is -2.17. The van der Waals surface area contributed by atoms with Crippen molar-refractivity contribution in [2.24, 2.45) is 0 Å². The van der Waals surface area contributed by atoms with E-state index in [0.29, 0.717) is 17.7 Å². The van der Waals surface area contributed by atoms with Gasteiger partial charge in [0.15, 0.2) is 0 Å². The molecule has 2 rings (SSSR count). The van der Waals surface area contributed by atoms with Gasteiger partial charge in [0.25, 0.3) is 5.91 Å². The third kappa shape index (κ3) is 3.50. The Hall–Kier alpha value is -2.58. The van der Waals surface area contributed by atoms with Crippen molar-refractivity contribution < 1.29 is 4.79 Å². The monoisotopic (exact) mass is 300 g/mol. The molecule has 6 heteroatoms. The molecule has 0 bridgehead atoms. The number of amides is 1. The Morgan fingerprint density at radius 2 is 2.24 bits per heavy atom. The molecule has 0 atom stereocenters. The predicted molar refractivity (Wildman–Crippen MR) is 80.6 cm³/mol. The summed E-state index contributed by atoms with van der Waals surface area (Å²) in [7, 11) is 1.67. The van der Waals surface area contributed by atoms with Crippen molar-refractivity contribution in [2.45, 2.75) is 6.54 Å². The highest BCUT2D eigenvalue weighted by atomic mass is 35.5. The van der Waals surface area contributed by atoms with Gasteiger partial charge in [0.05, 0.1) is 22.2 Å². The topological polar surface area (TPSA) is 83.0 Å². The number of nitriles is 1. The van der Waals surface area contributed by atoms with Gasteiger partial charge in [-0.05, 0) is 23.8 Å². The van der Waals surface area contributed by atoms with E-state index in [1.54, 1.807) is 25.2 Å². The number of rotatable bonds is 3. The number of hydrogen-bond donors (Lipinski definition) is 1. The van der Waals surface area contributed by atoms with Gasteiger partial charge < -0.3 is 10.6 Å². The number of nitrogens with zero attached hydrogens (tertiary/aromatic N) is 3. The lowest BCUT2D eigenvalue weighted by atomic mass is 10.1. The molecule has 5 nitrogen and oxygen atoms in total. The van der Waals surface area contributed by atoms with E-state index in [1.165, 1.54) is 17.2 Å². The first-order valence-electron chi connectivity index (χ1n) is 6.17. The van der Waals surface area contributed by atoms with Gasteiger partial charge in [-0.15, -0.1) is 0 Å². The fourth-order valence-electron chi connectivity index (χ4n) is 1.87. The number of halogens is 1. The highest BCUT2D eigenvalue weighted by Gasteiger charge is 2.14. The van der Waals surface area contributed by atoms with Crippen molar-refractivity contribution in [3.63, 3.8) is 0 Å². The highest BCUT2D eigenvalue weighted by molar-refractivity contribution is 6.33. The van der Waals surface area contributed by atoms with Gasteiger partial charge in [0, 0.05) is 19.8 Å². The molecule has 0 saturated carbocycles. The number of nitrogen functional groups attached to an aromatic ring is 1. The van der Waals surface area contributed by atoms with Crippen molar-refractivity contribution in [3.8, 4) is 6.07 Å². The number of carbonyl (C=O) groups is 1. The van der Waals surface area contributed by atoms with Crippen LogP contribution in [0.1, 0.15) is 21.5 Å². The number of pyridine rings is 1. The molecule has 1 aromatic carbocycles. The van der Waals surface area contributed by atoms with Gasteiger partial charge in [-0.1, -0.05) is 23.7 Å². The molecule has 0 saturated heterocycles. The molecular formula is C15H13ClN4O. The van der Waals surface area contributed by atoms with Crippen LogP contribution in [0.25, 0.3) is 0 Å². The molecule has 0 aliphatic rings. The third-order valence-electron chi connectivity index (χ3n) is 2.94. The van der Waals surface area contributed by atoms with E-state index in [-0.39, 0.29) is 16.7 Å². The van der Waals surface area contributed by atoms with E-state index in [1.807, 2.05) is 6.07 Å². The van der Waals surface area contributed by atoms with Crippen LogP contribution in [-0.4, -0.2) is 22.8 Å². The average molecular weight is 301 g/mol. The molecular weight excluding hydrogens is 288 g/mol. The summed E-state index contributed by atoms with van der Waals surface area (Å²) < 4.78 is 0. The maximum Gasteiger partial charge on any atom is 0.255 e. The predicted octanol–water partition coefficient (Wildman–Crippen LogP) is 2.46. The summed E-state index contributed by atoms with van der Waals surface area (Å²) in [5.41, 5.74) is 7.33. The molecule has 0 spiro atoms. The minimum absolute atomic E-state index is 0.192. The van der Waals surface area contributed by atoms with Gasteiger partial charge >= 0.3 is 0 Å². The van der Waals surface area contributed by atoms with Gasteiger partial charge in [-0.3, -0.25) is 4.79 Å². The second-order valence-corrected chi connectivity index (χ2v) is 4.97. The first-order chi connectivity index (χ1) is 10.0. The maximum atomic E-state index is 12.3. The van der Waals surface area contributed by atoms with Crippen molar-refractivity contribution >= 4 is 23.3 Å². The van der Waals surface area contributed by atoms with Crippen LogP contribution in [0.5, 0.6) is 0 Å². The largest absolute Gasteiger partial charge is 0.382 e. The molecule has 1 heterocycles. The van der Waals surface area contributed by atoms with Crippen LogP contribution in [0, 0.1) is 11.3 Å². The quantitative estimate of drug-likeness (QED) is 0.944. The second kappa shape index (κ2) is 6.25. The van der Waals surface area contributed by atoms with E-state index >= 15 is 0 Å². The van der Waals surface area contributed by atoms with Crippen molar-refractivity contribution in [1.82, 2.24) is 9.88 Å². The van der Waals surface area contributed by atoms with E-state index < -0.39 is 0 Å². The summed E-state index contributed by atoms with van der Waals surface area (Å²) in [6, 6.07) is 10.7. The van der Waals surface area contributed by atoms with Gasteiger partial charge in [-0.25, -0.2) is 4.98 Å². The smallest absolute Gasteiger partial charge is 0.255 e. The Bertz CT molecular complexity index is 724. The fourth-order valence-corrected chi connectivity index (χ4v) is 2.04. The minimum atomic E-state index is -0.216. The van der Waals surface area contributed by atoms with Crippen molar-refractivity contribution in [1.29, 1.82) is 5.26 Å². The van der Waals surface area contributed by atoms with Gasteiger partial charge in [0.1, 0.15) is 5.82 Å². The lowest BCUT2D eigenvalue weighted by Crippen LogP contribution is -2.26. The Kier molecular flexibility index (Phi) is 4.41. The van der Waals surface area contributed by atoms with E-state index in [2.05, 4.69) is 11.1 Å². The summed E-state index contributed by atoms with van der Waals surface area (Å²) in [4.78, 5) is 17.7. The molecule has 0 unspecified atom stereocenters. The number of benzene rings is 1. The number of nitrogens with two attached hydrogens (primary N) is 1. The fraction of sp³-hybridized carbons (Fsp3) is 0.133. The van der Waals surface area contributed by atoms with Crippen molar-refractivity contribution in [3.05, 3.63) is 58.2 Å². The van der Waals surface area contributed by atoms with Crippen molar-refractivity contribution in [2.75, 3.05) is 12.8 Å². The van der Waals surface area contributed by atoms with Crippen LogP contribution in [-0.2, 0) is 6.54 Å². The van der Waals surface area contributed by atoms with Crippen LogP contribution in [0.2, 0.25) is 5.02 Å². The number of hydrogen-bond acceptors (Lipinski definition) is 4. The minimum Gasteiger partial charge on any atom is -0.382 e. The Labute approximate surface area is 127 Å². The number of anilines is 1. The van der Waals surface area contributed by atoms with E-state index in [0.717, 1.165) is 5.56 Å². The number of aromatic nitrogens is 1. The van der Waals surface area contributed by atoms with E-state index in [4.69, 9.17) is 22.6 Å². The maximum absolute atomic E-state index is 12.3. The first kappa shape index (κ1) is 14.8. The summed E-state index contributed by atoms with van der Waals surface area (Å²) in [6.07, 6.45) is 1.39. The summed E-state index contributed by atoms with van der Waals surface area (Å²) in [5, 5.41) is 9.13. The molecule has 106 valence electrons. The third-order valence-corrected chi connectivity index (χ3v) is 3.24. The zero-order valence-electron chi connectivity index (χ0n) is 11.4. The Balaban J connectivity index is 2.15. The molecule has 0 aliphatic heterocycles. The summed E-state index contributed by atoms with van der Waals surface area (Å²) >= 11 is 5.87. The first-order valence-corrected chi connectivity index (χ1v) is 6.54. The summed E-state index contributed by atoms with van der Waals surface area (Å²) in [5.74, 6) is -0.0237. The SMILES string of the molecule is CN(Cc1cccc(C#N)c1)C(=O)c1cnc(N)c(Cl)c1. The molecule has 0 radical (unpaired) electrons. The standard InChI is InChI=1S/C15H13ClN4O/c1-20(9-11-4-2-3-10(5-11)7-17)15(21)12-6-13(16)14(18)19-8-12/h2-6,8H,9H2,1H3,(H2,18,19). The Morgan fingerprint density at radius 1 is 1.48 bits per heavy atom.